The van der Waals surface area contributed by atoms with E-state index in [4.69, 9.17) is 0 Å². The zero-order chi connectivity index (χ0) is 17.3. The van der Waals surface area contributed by atoms with E-state index in [2.05, 4.69) is 15.5 Å². The fraction of sp³-hybridized carbons (Fsp3) is 0.357. The Balaban J connectivity index is 1.63. The topological polar surface area (TPSA) is 114 Å². The number of carbonyl (C=O) groups is 1. The molecule has 1 aliphatic rings. The van der Waals surface area contributed by atoms with Gasteiger partial charge in [0.15, 0.2) is 15.0 Å². The minimum absolute atomic E-state index is 0.0696. The molecule has 1 aromatic carbocycles. The molecule has 1 aliphatic carbocycles. The van der Waals surface area contributed by atoms with Crippen LogP contribution in [-0.4, -0.2) is 41.1 Å². The lowest BCUT2D eigenvalue weighted by molar-refractivity contribution is -0.113. The van der Waals surface area contributed by atoms with Crippen molar-refractivity contribution in [3.05, 3.63) is 34.7 Å². The summed E-state index contributed by atoms with van der Waals surface area (Å²) in [5.41, 5.74) is 0.145. The van der Waals surface area contributed by atoms with Gasteiger partial charge < -0.3 is 5.32 Å². The van der Waals surface area contributed by atoms with Crippen LogP contribution in [0.4, 0.5) is 5.69 Å². The molecule has 128 valence electrons. The van der Waals surface area contributed by atoms with Crippen molar-refractivity contribution in [1.82, 2.24) is 14.8 Å². The smallest absolute Gasteiger partial charge is 0.325 e. The van der Waals surface area contributed by atoms with E-state index < -0.39 is 9.84 Å². The van der Waals surface area contributed by atoms with Crippen molar-refractivity contribution < 1.29 is 13.2 Å². The van der Waals surface area contributed by atoms with Crippen LogP contribution in [0, 0.1) is 0 Å². The highest BCUT2D eigenvalue weighted by atomic mass is 32.2. The minimum Gasteiger partial charge on any atom is -0.325 e. The van der Waals surface area contributed by atoms with E-state index in [1.165, 1.54) is 12.1 Å². The van der Waals surface area contributed by atoms with Gasteiger partial charge in [-0.05, 0) is 31.0 Å². The predicted octanol–water partition coefficient (Wildman–Crippen LogP) is 1.04. The van der Waals surface area contributed by atoms with Gasteiger partial charge in [0.25, 0.3) is 0 Å². The summed E-state index contributed by atoms with van der Waals surface area (Å²) in [4.78, 5) is 23.8. The third-order valence-electron chi connectivity index (χ3n) is 3.46. The largest absolute Gasteiger partial charge is 0.344 e. The zero-order valence-corrected chi connectivity index (χ0v) is 14.5. The number of carbonyl (C=O) groups excluding carboxylic acids is 1. The lowest BCUT2D eigenvalue weighted by Gasteiger charge is -2.07. The Morgan fingerprint density at radius 2 is 2.21 bits per heavy atom. The first-order chi connectivity index (χ1) is 11.3. The number of aromatic nitrogens is 3. The maximum atomic E-state index is 12.0. The number of H-pyrrole nitrogens is 1. The summed E-state index contributed by atoms with van der Waals surface area (Å²) in [5.74, 6) is -0.233. The van der Waals surface area contributed by atoms with Crippen molar-refractivity contribution in [3.63, 3.8) is 0 Å². The van der Waals surface area contributed by atoms with Crippen molar-refractivity contribution in [2.75, 3.05) is 17.3 Å². The van der Waals surface area contributed by atoms with Crippen LogP contribution >= 0.6 is 11.8 Å². The Morgan fingerprint density at radius 1 is 1.46 bits per heavy atom. The number of amides is 1. The molecule has 1 saturated carbocycles. The second-order valence-electron chi connectivity index (χ2n) is 5.55. The average molecular weight is 368 g/mol. The molecule has 2 N–H and O–H groups in total. The quantitative estimate of drug-likeness (QED) is 0.737. The van der Waals surface area contributed by atoms with Crippen LogP contribution in [0.1, 0.15) is 18.9 Å². The standard InChI is InChI=1S/C14H16N4O4S2/c1-24(21,22)11-4-2-3-9(7-11)15-12(19)8-23-14-17-16-13(20)18(14)10-5-6-10/h2-4,7,10H,5-6,8H2,1H3,(H,15,19)(H,16,20). The van der Waals surface area contributed by atoms with Gasteiger partial charge in [-0.15, -0.1) is 5.10 Å². The molecular weight excluding hydrogens is 352 g/mol. The van der Waals surface area contributed by atoms with E-state index in [9.17, 15) is 18.0 Å². The summed E-state index contributed by atoms with van der Waals surface area (Å²) in [6, 6.07) is 6.24. The van der Waals surface area contributed by atoms with Crippen LogP contribution < -0.4 is 11.0 Å². The second kappa shape index (κ2) is 6.44. The van der Waals surface area contributed by atoms with Gasteiger partial charge in [0.05, 0.1) is 10.6 Å². The molecule has 3 rings (SSSR count). The SMILES string of the molecule is CS(=O)(=O)c1cccc(NC(=O)CSc2n[nH]c(=O)n2C2CC2)c1. The molecule has 0 spiro atoms. The molecular formula is C14H16N4O4S2. The first-order valence-corrected chi connectivity index (χ1v) is 10.1. The van der Waals surface area contributed by atoms with Gasteiger partial charge in [0.2, 0.25) is 5.91 Å². The summed E-state index contributed by atoms with van der Waals surface area (Å²) in [7, 11) is -3.33. The summed E-state index contributed by atoms with van der Waals surface area (Å²) in [5, 5.41) is 9.46. The maximum Gasteiger partial charge on any atom is 0.344 e. The van der Waals surface area contributed by atoms with Crippen LogP contribution in [0.2, 0.25) is 0 Å². The van der Waals surface area contributed by atoms with Gasteiger partial charge in [-0.2, -0.15) is 0 Å². The molecule has 10 heteroatoms. The normalized spacial score (nSPS) is 14.5. The zero-order valence-electron chi connectivity index (χ0n) is 12.9. The van der Waals surface area contributed by atoms with Crippen LogP contribution in [0.5, 0.6) is 0 Å². The van der Waals surface area contributed by atoms with Crippen molar-refractivity contribution in [1.29, 1.82) is 0 Å². The van der Waals surface area contributed by atoms with Crippen molar-refractivity contribution in [2.45, 2.75) is 28.9 Å². The first kappa shape index (κ1) is 16.8. The second-order valence-corrected chi connectivity index (χ2v) is 8.51. The van der Waals surface area contributed by atoms with E-state index in [1.54, 1.807) is 16.7 Å². The summed E-state index contributed by atoms with van der Waals surface area (Å²) in [6.07, 6.45) is 2.99. The molecule has 24 heavy (non-hydrogen) atoms. The van der Waals surface area contributed by atoms with Gasteiger partial charge in [-0.3, -0.25) is 9.36 Å². The lowest BCUT2D eigenvalue weighted by Crippen LogP contribution is -2.18. The van der Waals surface area contributed by atoms with Crippen molar-refractivity contribution in [3.8, 4) is 0 Å². The number of rotatable bonds is 6. The molecule has 1 fully saturated rings. The van der Waals surface area contributed by atoms with E-state index in [0.29, 0.717) is 10.8 Å². The molecule has 0 atom stereocenters. The molecule has 0 bridgehead atoms. The minimum atomic E-state index is -3.33. The molecule has 0 saturated heterocycles. The van der Waals surface area contributed by atoms with Gasteiger partial charge in [-0.25, -0.2) is 18.3 Å². The average Bonchev–Trinajstić information content (AvgIpc) is 3.28. The number of sulfone groups is 1. The fourth-order valence-electron chi connectivity index (χ4n) is 2.18. The monoisotopic (exact) mass is 368 g/mol. The highest BCUT2D eigenvalue weighted by Crippen LogP contribution is 2.35. The van der Waals surface area contributed by atoms with E-state index in [-0.39, 0.29) is 28.3 Å². The maximum absolute atomic E-state index is 12.0. The molecule has 1 amide bonds. The van der Waals surface area contributed by atoms with Gasteiger partial charge >= 0.3 is 5.69 Å². The van der Waals surface area contributed by atoms with E-state index >= 15 is 0 Å². The fourth-order valence-corrected chi connectivity index (χ4v) is 3.66. The first-order valence-electron chi connectivity index (χ1n) is 7.24. The molecule has 1 heterocycles. The lowest BCUT2D eigenvalue weighted by atomic mass is 10.3. The highest BCUT2D eigenvalue weighted by Gasteiger charge is 2.28. The van der Waals surface area contributed by atoms with Crippen LogP contribution in [0.3, 0.4) is 0 Å². The van der Waals surface area contributed by atoms with Gasteiger partial charge in [0.1, 0.15) is 0 Å². The Morgan fingerprint density at radius 3 is 2.88 bits per heavy atom. The predicted molar refractivity (Wildman–Crippen MR) is 90.0 cm³/mol. The molecule has 0 radical (unpaired) electrons. The number of hydrogen-bond acceptors (Lipinski definition) is 6. The Hall–Kier alpha value is -2.07. The number of aromatic amines is 1. The Labute approximate surface area is 142 Å². The van der Waals surface area contributed by atoms with Gasteiger partial charge in [-0.1, -0.05) is 17.8 Å². The summed E-state index contributed by atoms with van der Waals surface area (Å²) >= 11 is 1.16. The molecule has 0 aliphatic heterocycles. The number of anilines is 1. The van der Waals surface area contributed by atoms with Crippen molar-refractivity contribution in [2.24, 2.45) is 0 Å². The Kier molecular flexibility index (Phi) is 4.50. The number of thioether (sulfide) groups is 1. The van der Waals surface area contributed by atoms with Crippen LogP contribution in [0.25, 0.3) is 0 Å². The highest BCUT2D eigenvalue weighted by molar-refractivity contribution is 7.99. The molecule has 8 nitrogen and oxygen atoms in total. The van der Waals surface area contributed by atoms with E-state index in [1.807, 2.05) is 0 Å². The van der Waals surface area contributed by atoms with Gasteiger partial charge in [0, 0.05) is 18.0 Å². The van der Waals surface area contributed by atoms with Crippen LogP contribution in [0.15, 0.2) is 39.1 Å². The number of nitrogens with zero attached hydrogens (tertiary/aromatic N) is 2. The van der Waals surface area contributed by atoms with Crippen LogP contribution in [-0.2, 0) is 14.6 Å². The summed E-state index contributed by atoms with van der Waals surface area (Å²) in [6.45, 7) is 0. The third-order valence-corrected chi connectivity index (χ3v) is 5.53. The third kappa shape index (κ3) is 3.88. The molecule has 2 aromatic rings. The molecule has 0 unspecified atom stereocenters. The van der Waals surface area contributed by atoms with E-state index in [0.717, 1.165) is 30.9 Å². The summed E-state index contributed by atoms with van der Waals surface area (Å²) < 4.78 is 24.6. The molecule has 1 aromatic heterocycles. The number of hydrogen-bond donors (Lipinski definition) is 2. The number of nitrogens with one attached hydrogen (secondary N) is 2. The Bertz CT molecular complexity index is 928. The van der Waals surface area contributed by atoms with Crippen molar-refractivity contribution >= 4 is 33.2 Å². The number of benzene rings is 1.